The van der Waals surface area contributed by atoms with Crippen molar-refractivity contribution in [3.05, 3.63) is 75.0 Å². The van der Waals surface area contributed by atoms with Gasteiger partial charge in [0.1, 0.15) is 6.10 Å². The van der Waals surface area contributed by atoms with Gasteiger partial charge in [-0.25, -0.2) is 0 Å². The number of aliphatic hydroxyl groups excluding tert-OH is 1. The summed E-state index contributed by atoms with van der Waals surface area (Å²) in [7, 11) is 0. The molecule has 2 aromatic carbocycles. The lowest BCUT2D eigenvalue weighted by Gasteiger charge is -2.15. The SMILES string of the molecule is Cc1cccc(C(O)c2ccc3ncccc3c2)c1I. The maximum absolute atomic E-state index is 10.6. The summed E-state index contributed by atoms with van der Waals surface area (Å²) >= 11 is 2.29. The lowest BCUT2D eigenvalue weighted by molar-refractivity contribution is 0.219. The Hall–Kier alpha value is -1.46. The molecular formula is C17H14INO. The molecule has 0 saturated heterocycles. The van der Waals surface area contributed by atoms with Crippen LogP contribution in [0.2, 0.25) is 0 Å². The van der Waals surface area contributed by atoms with Gasteiger partial charge in [-0.3, -0.25) is 4.98 Å². The summed E-state index contributed by atoms with van der Waals surface area (Å²) in [6.07, 6.45) is 1.17. The molecule has 0 aliphatic carbocycles. The Morgan fingerprint density at radius 2 is 1.95 bits per heavy atom. The minimum atomic E-state index is -0.605. The molecular weight excluding hydrogens is 361 g/mol. The highest BCUT2D eigenvalue weighted by molar-refractivity contribution is 14.1. The zero-order valence-electron chi connectivity index (χ0n) is 11.0. The molecule has 1 N–H and O–H groups in total. The van der Waals surface area contributed by atoms with Gasteiger partial charge in [0.2, 0.25) is 0 Å². The van der Waals surface area contributed by atoms with E-state index in [-0.39, 0.29) is 0 Å². The molecule has 100 valence electrons. The van der Waals surface area contributed by atoms with E-state index < -0.39 is 6.10 Å². The van der Waals surface area contributed by atoms with Crippen LogP contribution in [0.5, 0.6) is 0 Å². The third-order valence-electron chi connectivity index (χ3n) is 3.46. The molecule has 0 spiro atoms. The van der Waals surface area contributed by atoms with Crippen molar-refractivity contribution < 1.29 is 5.11 Å². The van der Waals surface area contributed by atoms with Gasteiger partial charge in [-0.2, -0.15) is 0 Å². The number of aromatic nitrogens is 1. The number of pyridine rings is 1. The summed E-state index contributed by atoms with van der Waals surface area (Å²) in [5, 5.41) is 11.7. The predicted octanol–water partition coefficient (Wildman–Crippen LogP) is 4.23. The highest BCUT2D eigenvalue weighted by Gasteiger charge is 2.15. The normalized spacial score (nSPS) is 12.6. The molecule has 1 unspecified atom stereocenters. The maximum atomic E-state index is 10.6. The van der Waals surface area contributed by atoms with E-state index in [9.17, 15) is 5.11 Å². The van der Waals surface area contributed by atoms with E-state index >= 15 is 0 Å². The molecule has 1 aromatic heterocycles. The van der Waals surface area contributed by atoms with Crippen molar-refractivity contribution in [3.63, 3.8) is 0 Å². The van der Waals surface area contributed by atoms with Crippen LogP contribution < -0.4 is 0 Å². The Bertz CT molecular complexity index is 770. The number of nitrogens with zero attached hydrogens (tertiary/aromatic N) is 1. The fourth-order valence-electron chi connectivity index (χ4n) is 2.33. The van der Waals surface area contributed by atoms with Crippen LogP contribution in [0.15, 0.2) is 54.7 Å². The molecule has 3 rings (SSSR count). The van der Waals surface area contributed by atoms with Crippen molar-refractivity contribution >= 4 is 33.5 Å². The van der Waals surface area contributed by atoms with Crippen molar-refractivity contribution in [2.24, 2.45) is 0 Å². The highest BCUT2D eigenvalue weighted by Crippen LogP contribution is 2.29. The van der Waals surface area contributed by atoms with Gasteiger partial charge in [-0.15, -0.1) is 0 Å². The van der Waals surface area contributed by atoms with E-state index in [0.717, 1.165) is 25.6 Å². The second-order valence-electron chi connectivity index (χ2n) is 4.84. The Morgan fingerprint density at radius 1 is 1.10 bits per heavy atom. The Balaban J connectivity index is 2.08. The van der Waals surface area contributed by atoms with Crippen molar-refractivity contribution in [2.45, 2.75) is 13.0 Å². The molecule has 3 aromatic rings. The number of aryl methyl sites for hydroxylation is 1. The van der Waals surface area contributed by atoms with Crippen molar-refractivity contribution in [2.75, 3.05) is 0 Å². The largest absolute Gasteiger partial charge is 0.384 e. The van der Waals surface area contributed by atoms with E-state index in [2.05, 4.69) is 40.6 Å². The van der Waals surface area contributed by atoms with Crippen LogP contribution >= 0.6 is 22.6 Å². The third kappa shape index (κ3) is 2.43. The van der Waals surface area contributed by atoms with Crippen molar-refractivity contribution in [3.8, 4) is 0 Å². The first-order chi connectivity index (χ1) is 9.66. The molecule has 20 heavy (non-hydrogen) atoms. The first-order valence-electron chi connectivity index (χ1n) is 6.44. The standard InChI is InChI=1S/C17H14INO/c1-11-4-2-6-14(16(11)18)17(20)13-7-8-15-12(10-13)5-3-9-19-15/h2-10,17,20H,1H3. The molecule has 0 saturated carbocycles. The van der Waals surface area contributed by atoms with Gasteiger partial charge in [0, 0.05) is 15.2 Å². The minimum Gasteiger partial charge on any atom is -0.384 e. The van der Waals surface area contributed by atoms with Gasteiger partial charge in [0.25, 0.3) is 0 Å². The summed E-state index contributed by atoms with van der Waals surface area (Å²) in [4.78, 5) is 4.30. The van der Waals surface area contributed by atoms with Crippen LogP contribution in [0, 0.1) is 10.5 Å². The molecule has 0 radical (unpaired) electrons. The van der Waals surface area contributed by atoms with E-state index in [4.69, 9.17) is 0 Å². The van der Waals surface area contributed by atoms with Crippen LogP contribution in [0.4, 0.5) is 0 Å². The predicted molar refractivity (Wildman–Crippen MR) is 89.7 cm³/mol. The fraction of sp³-hybridized carbons (Fsp3) is 0.118. The van der Waals surface area contributed by atoms with Gasteiger partial charge in [0.05, 0.1) is 5.52 Å². The number of aliphatic hydroxyl groups is 1. The summed E-state index contributed by atoms with van der Waals surface area (Å²) in [6.45, 7) is 2.06. The summed E-state index contributed by atoms with van der Waals surface area (Å²) in [5.74, 6) is 0. The van der Waals surface area contributed by atoms with Crippen LogP contribution in [0.3, 0.4) is 0 Å². The number of hydrogen-bond acceptors (Lipinski definition) is 2. The van der Waals surface area contributed by atoms with Crippen molar-refractivity contribution in [1.29, 1.82) is 0 Å². The summed E-state index contributed by atoms with van der Waals surface area (Å²) in [5.41, 5.74) is 3.98. The molecule has 1 heterocycles. The van der Waals surface area contributed by atoms with Crippen LogP contribution in [-0.2, 0) is 0 Å². The number of hydrogen-bond donors (Lipinski definition) is 1. The molecule has 3 heteroatoms. The smallest absolute Gasteiger partial charge is 0.105 e. The van der Waals surface area contributed by atoms with E-state index in [1.165, 1.54) is 5.56 Å². The van der Waals surface area contributed by atoms with Gasteiger partial charge >= 0.3 is 0 Å². The quantitative estimate of drug-likeness (QED) is 0.680. The molecule has 2 nitrogen and oxygen atoms in total. The van der Waals surface area contributed by atoms with Crippen molar-refractivity contribution in [1.82, 2.24) is 4.98 Å². The first-order valence-corrected chi connectivity index (χ1v) is 7.52. The van der Waals surface area contributed by atoms with Gasteiger partial charge < -0.3 is 5.11 Å². The van der Waals surface area contributed by atoms with E-state index in [0.29, 0.717) is 0 Å². The average molecular weight is 375 g/mol. The molecule has 0 aliphatic rings. The fourth-order valence-corrected chi connectivity index (χ4v) is 2.98. The second-order valence-corrected chi connectivity index (χ2v) is 5.91. The van der Waals surface area contributed by atoms with E-state index in [1.54, 1.807) is 6.20 Å². The number of halogens is 1. The summed E-state index contributed by atoms with van der Waals surface area (Å²) in [6, 6.07) is 15.9. The summed E-state index contributed by atoms with van der Waals surface area (Å²) < 4.78 is 1.11. The Labute approximate surface area is 131 Å². The number of fused-ring (bicyclic) bond motifs is 1. The Kier molecular flexibility index (Phi) is 3.72. The van der Waals surface area contributed by atoms with Crippen LogP contribution in [-0.4, -0.2) is 10.1 Å². The zero-order valence-corrected chi connectivity index (χ0v) is 13.2. The first kappa shape index (κ1) is 13.5. The van der Waals surface area contributed by atoms with Crippen LogP contribution in [0.25, 0.3) is 10.9 Å². The van der Waals surface area contributed by atoms with Gasteiger partial charge in [-0.1, -0.05) is 30.3 Å². The highest BCUT2D eigenvalue weighted by atomic mass is 127. The molecule has 1 atom stereocenters. The third-order valence-corrected chi connectivity index (χ3v) is 4.93. The molecule has 0 bridgehead atoms. The number of benzene rings is 2. The number of rotatable bonds is 2. The minimum absolute atomic E-state index is 0.605. The zero-order chi connectivity index (χ0) is 14.1. The lowest BCUT2D eigenvalue weighted by atomic mass is 9.99. The molecule has 0 aliphatic heterocycles. The lowest BCUT2D eigenvalue weighted by Crippen LogP contribution is -2.03. The Morgan fingerprint density at radius 3 is 2.80 bits per heavy atom. The monoisotopic (exact) mass is 375 g/mol. The molecule has 0 amide bonds. The molecule has 0 fully saturated rings. The van der Waals surface area contributed by atoms with Crippen LogP contribution in [0.1, 0.15) is 22.8 Å². The maximum Gasteiger partial charge on any atom is 0.105 e. The topological polar surface area (TPSA) is 33.1 Å². The second kappa shape index (κ2) is 5.50. The van der Waals surface area contributed by atoms with Gasteiger partial charge in [-0.05, 0) is 64.4 Å². The van der Waals surface area contributed by atoms with E-state index in [1.807, 2.05) is 42.5 Å². The van der Waals surface area contributed by atoms with Gasteiger partial charge in [0.15, 0.2) is 0 Å². The average Bonchev–Trinajstić information content (AvgIpc) is 2.49.